The van der Waals surface area contributed by atoms with Crippen LogP contribution in [-0.4, -0.2) is 11.8 Å². The molecule has 2 amide bonds. The Labute approximate surface area is 229 Å². The number of allylic oxidation sites excluding steroid dienone is 3. The van der Waals surface area contributed by atoms with Gasteiger partial charge in [-0.1, -0.05) is 68.3 Å². The number of fused-ring (bicyclic) bond motifs is 5. The molecule has 2 aliphatic carbocycles. The molecule has 3 aromatic rings. The summed E-state index contributed by atoms with van der Waals surface area (Å²) in [5.74, 6) is -16.5. The summed E-state index contributed by atoms with van der Waals surface area (Å²) in [6.07, 6.45) is 3.54. The summed E-state index contributed by atoms with van der Waals surface area (Å²) in [5.41, 5.74) is 1.74. The van der Waals surface area contributed by atoms with E-state index in [1.54, 1.807) is 12.2 Å². The quantitative estimate of drug-likeness (QED) is 0.0979. The minimum atomic E-state index is -2.36. The van der Waals surface area contributed by atoms with E-state index < -0.39 is 70.3 Å². The number of carbonyl (C=O) groups is 2. The maximum absolute atomic E-state index is 14.6. The Morgan fingerprint density at radius 1 is 0.605 bits per heavy atom. The summed E-state index contributed by atoms with van der Waals surface area (Å²) < 4.78 is 72.4. The highest BCUT2D eigenvalue weighted by molar-refractivity contribution is 9.10. The van der Waals surface area contributed by atoms with E-state index in [0.717, 1.165) is 31.2 Å². The van der Waals surface area contributed by atoms with Crippen LogP contribution in [0.2, 0.25) is 0 Å². The van der Waals surface area contributed by atoms with Crippen LogP contribution in [0.4, 0.5) is 27.6 Å². The van der Waals surface area contributed by atoms with Crippen molar-refractivity contribution in [3.05, 3.63) is 115 Å². The van der Waals surface area contributed by atoms with Gasteiger partial charge in [-0.3, -0.25) is 9.59 Å². The third-order valence-corrected chi connectivity index (χ3v) is 8.44. The molecule has 0 unspecified atom stereocenters. The van der Waals surface area contributed by atoms with Crippen molar-refractivity contribution in [1.82, 2.24) is 0 Å². The molecule has 3 aliphatic rings. The van der Waals surface area contributed by atoms with Crippen LogP contribution in [0.1, 0.15) is 11.1 Å². The molecular weight excluding hydrogens is 637 g/mol. The van der Waals surface area contributed by atoms with E-state index in [1.165, 1.54) is 0 Å². The SMILES string of the molecule is O=C1[C@H]2[C@H](C(=O)N1c1c(F)c(F)c(F)c(F)c1F)[C@H]1C=C[C@H]2C1=C(c1ccc(Br)cc1)c1ccc(Br)cc1. The number of benzene rings is 3. The number of amides is 2. The third kappa shape index (κ3) is 3.49. The Hall–Kier alpha value is -3.11. The van der Waals surface area contributed by atoms with Crippen LogP contribution in [0, 0.1) is 52.8 Å². The highest BCUT2D eigenvalue weighted by Gasteiger charge is 2.63. The maximum atomic E-state index is 14.6. The van der Waals surface area contributed by atoms with Crippen molar-refractivity contribution >= 4 is 54.9 Å². The molecule has 0 spiro atoms. The van der Waals surface area contributed by atoms with Gasteiger partial charge in [-0.2, -0.15) is 0 Å². The first kappa shape index (κ1) is 25.2. The Morgan fingerprint density at radius 2 is 0.974 bits per heavy atom. The summed E-state index contributed by atoms with van der Waals surface area (Å²) >= 11 is 6.85. The molecule has 0 radical (unpaired) electrons. The molecular formula is C28H14Br2F5NO2. The fourth-order valence-corrected chi connectivity index (χ4v) is 6.37. The Bertz CT molecular complexity index is 1490. The Morgan fingerprint density at radius 3 is 1.37 bits per heavy atom. The maximum Gasteiger partial charge on any atom is 0.238 e. The number of anilines is 1. The molecule has 6 rings (SSSR count). The summed E-state index contributed by atoms with van der Waals surface area (Å²) in [6.45, 7) is 0. The largest absolute Gasteiger partial charge is 0.274 e. The van der Waals surface area contributed by atoms with Gasteiger partial charge in [0.15, 0.2) is 23.3 Å². The third-order valence-electron chi connectivity index (χ3n) is 7.38. The van der Waals surface area contributed by atoms with Crippen molar-refractivity contribution in [2.24, 2.45) is 23.7 Å². The van der Waals surface area contributed by atoms with Crippen molar-refractivity contribution < 1.29 is 31.5 Å². The molecule has 2 bridgehead atoms. The van der Waals surface area contributed by atoms with Crippen LogP contribution in [0.25, 0.3) is 5.57 Å². The normalized spacial score (nSPS) is 23.6. The lowest BCUT2D eigenvalue weighted by molar-refractivity contribution is -0.123. The predicted octanol–water partition coefficient (Wildman–Crippen LogP) is 7.33. The van der Waals surface area contributed by atoms with Crippen LogP contribution in [0.3, 0.4) is 0 Å². The van der Waals surface area contributed by atoms with Gasteiger partial charge in [-0.15, -0.1) is 0 Å². The van der Waals surface area contributed by atoms with Gasteiger partial charge in [0, 0.05) is 20.8 Å². The molecule has 1 heterocycles. The van der Waals surface area contributed by atoms with Gasteiger partial charge in [-0.25, -0.2) is 26.9 Å². The summed E-state index contributed by atoms with van der Waals surface area (Å²) in [5, 5.41) is 0. The molecule has 4 atom stereocenters. The van der Waals surface area contributed by atoms with Gasteiger partial charge in [0.05, 0.1) is 11.8 Å². The van der Waals surface area contributed by atoms with E-state index in [9.17, 15) is 31.5 Å². The first-order chi connectivity index (χ1) is 18.1. The molecule has 1 saturated carbocycles. The monoisotopic (exact) mass is 649 g/mol. The second-order valence-corrected chi connectivity index (χ2v) is 11.1. The molecule has 2 fully saturated rings. The lowest BCUT2D eigenvalue weighted by Gasteiger charge is -2.22. The zero-order valence-electron chi connectivity index (χ0n) is 19.0. The van der Waals surface area contributed by atoms with E-state index in [2.05, 4.69) is 31.9 Å². The van der Waals surface area contributed by atoms with Crippen LogP contribution in [0.15, 0.2) is 75.2 Å². The molecule has 10 heteroatoms. The topological polar surface area (TPSA) is 37.4 Å². The smallest absolute Gasteiger partial charge is 0.238 e. The molecule has 192 valence electrons. The number of hydrogen-bond donors (Lipinski definition) is 0. The number of halogens is 7. The van der Waals surface area contributed by atoms with E-state index in [1.807, 2.05) is 48.5 Å². The van der Waals surface area contributed by atoms with E-state index >= 15 is 0 Å². The van der Waals surface area contributed by atoms with Gasteiger partial charge in [0.1, 0.15) is 5.69 Å². The van der Waals surface area contributed by atoms with Crippen molar-refractivity contribution in [1.29, 1.82) is 0 Å². The van der Waals surface area contributed by atoms with E-state index in [0.29, 0.717) is 0 Å². The first-order valence-electron chi connectivity index (χ1n) is 11.4. The second-order valence-electron chi connectivity index (χ2n) is 9.26. The van der Waals surface area contributed by atoms with Crippen molar-refractivity contribution in [2.45, 2.75) is 0 Å². The van der Waals surface area contributed by atoms with Gasteiger partial charge >= 0.3 is 0 Å². The molecule has 0 aromatic heterocycles. The van der Waals surface area contributed by atoms with Crippen LogP contribution < -0.4 is 4.90 Å². The molecule has 3 nitrogen and oxygen atoms in total. The van der Waals surface area contributed by atoms with E-state index in [4.69, 9.17) is 0 Å². The van der Waals surface area contributed by atoms with Crippen LogP contribution in [-0.2, 0) is 9.59 Å². The Balaban J connectivity index is 1.50. The van der Waals surface area contributed by atoms with Gasteiger partial charge in [0.25, 0.3) is 0 Å². The number of carbonyl (C=O) groups excluding carboxylic acids is 2. The first-order valence-corrected chi connectivity index (χ1v) is 13.0. The zero-order chi connectivity index (χ0) is 27.0. The van der Waals surface area contributed by atoms with Crippen molar-refractivity contribution in [3.63, 3.8) is 0 Å². The fourth-order valence-electron chi connectivity index (χ4n) is 5.84. The van der Waals surface area contributed by atoms with Crippen LogP contribution >= 0.6 is 31.9 Å². The number of nitrogens with zero attached hydrogens (tertiary/aromatic N) is 1. The van der Waals surface area contributed by atoms with Gasteiger partial charge < -0.3 is 0 Å². The van der Waals surface area contributed by atoms with E-state index in [-0.39, 0.29) is 4.90 Å². The number of hydrogen-bond acceptors (Lipinski definition) is 2. The van der Waals surface area contributed by atoms with Crippen molar-refractivity contribution in [3.8, 4) is 0 Å². The molecule has 3 aromatic carbocycles. The molecule has 38 heavy (non-hydrogen) atoms. The minimum Gasteiger partial charge on any atom is -0.274 e. The number of rotatable bonds is 3. The van der Waals surface area contributed by atoms with Gasteiger partial charge in [-0.05, 0) is 46.5 Å². The summed E-state index contributed by atoms with van der Waals surface area (Å²) in [7, 11) is 0. The average Bonchev–Trinajstić information content (AvgIpc) is 3.54. The molecule has 1 aliphatic heterocycles. The molecule has 1 saturated heterocycles. The second kappa shape index (κ2) is 8.98. The predicted molar refractivity (Wildman–Crippen MR) is 136 cm³/mol. The standard InChI is InChI=1S/C28H14Br2F5NO2/c29-13-5-1-11(2-6-13)17(12-3-7-14(30)8-4-12)18-15-9-10-16(18)20-19(15)27(37)36(28(20)38)26-24(34)22(32)21(31)23(33)25(26)35/h1-10,15-16,19-20H/t15-,16-,19+,20+/m0/s1. The lowest BCUT2D eigenvalue weighted by atomic mass is 9.85. The Kier molecular flexibility index (Phi) is 5.95. The summed E-state index contributed by atoms with van der Waals surface area (Å²) in [6, 6.07) is 15.0. The summed E-state index contributed by atoms with van der Waals surface area (Å²) in [4.78, 5) is 27.1. The zero-order valence-corrected chi connectivity index (χ0v) is 22.2. The van der Waals surface area contributed by atoms with Gasteiger partial charge in [0.2, 0.25) is 17.6 Å². The minimum absolute atomic E-state index is 0.133. The molecule has 0 N–H and O–H groups in total. The lowest BCUT2D eigenvalue weighted by Crippen LogP contribution is -2.35. The van der Waals surface area contributed by atoms with Crippen LogP contribution in [0.5, 0.6) is 0 Å². The number of imide groups is 1. The average molecular weight is 651 g/mol. The highest BCUT2D eigenvalue weighted by atomic mass is 79.9. The fraction of sp³-hybridized carbons (Fsp3) is 0.143. The highest BCUT2D eigenvalue weighted by Crippen LogP contribution is 2.59. The van der Waals surface area contributed by atoms with Crippen molar-refractivity contribution in [2.75, 3.05) is 4.90 Å².